The van der Waals surface area contributed by atoms with Crippen LogP contribution in [0.3, 0.4) is 0 Å². The van der Waals surface area contributed by atoms with E-state index in [0.717, 1.165) is 24.5 Å². The summed E-state index contributed by atoms with van der Waals surface area (Å²) in [4.78, 5) is 4.23. The van der Waals surface area contributed by atoms with Gasteiger partial charge < -0.3 is 11.1 Å². The van der Waals surface area contributed by atoms with E-state index >= 15 is 0 Å². The van der Waals surface area contributed by atoms with Crippen molar-refractivity contribution in [3.05, 3.63) is 52.0 Å². The fourth-order valence-electron chi connectivity index (χ4n) is 1.64. The third-order valence-corrected chi connectivity index (χ3v) is 3.32. The van der Waals surface area contributed by atoms with Crippen LogP contribution in [-0.4, -0.2) is 11.5 Å². The van der Waals surface area contributed by atoms with Crippen molar-refractivity contribution < 1.29 is 0 Å². The SMILES string of the molecule is NCCc1ccc(CNCc2nccs2)cc1. The maximum atomic E-state index is 5.51. The van der Waals surface area contributed by atoms with E-state index in [1.54, 1.807) is 11.3 Å². The zero-order valence-electron chi connectivity index (χ0n) is 9.73. The number of hydrogen-bond donors (Lipinski definition) is 2. The van der Waals surface area contributed by atoms with Crippen molar-refractivity contribution in [1.29, 1.82) is 0 Å². The molecule has 0 fully saturated rings. The van der Waals surface area contributed by atoms with Gasteiger partial charge in [-0.2, -0.15) is 0 Å². The molecule has 0 aliphatic carbocycles. The van der Waals surface area contributed by atoms with Gasteiger partial charge >= 0.3 is 0 Å². The van der Waals surface area contributed by atoms with Crippen LogP contribution in [0.25, 0.3) is 0 Å². The lowest BCUT2D eigenvalue weighted by Crippen LogP contribution is -2.12. The van der Waals surface area contributed by atoms with Gasteiger partial charge in [0.25, 0.3) is 0 Å². The van der Waals surface area contributed by atoms with Crippen molar-refractivity contribution in [2.75, 3.05) is 6.54 Å². The largest absolute Gasteiger partial charge is 0.330 e. The molecule has 17 heavy (non-hydrogen) atoms. The second kappa shape index (κ2) is 6.49. The Labute approximate surface area is 106 Å². The summed E-state index contributed by atoms with van der Waals surface area (Å²) in [7, 11) is 0. The Morgan fingerprint density at radius 3 is 2.53 bits per heavy atom. The van der Waals surface area contributed by atoms with Gasteiger partial charge in [-0.25, -0.2) is 4.98 Å². The molecule has 2 aromatic rings. The highest BCUT2D eigenvalue weighted by molar-refractivity contribution is 7.09. The molecule has 0 aliphatic rings. The lowest BCUT2D eigenvalue weighted by atomic mass is 10.1. The first-order chi connectivity index (χ1) is 8.38. The molecule has 90 valence electrons. The minimum atomic E-state index is 0.710. The van der Waals surface area contributed by atoms with Gasteiger partial charge in [0.2, 0.25) is 0 Å². The van der Waals surface area contributed by atoms with E-state index in [1.165, 1.54) is 11.1 Å². The monoisotopic (exact) mass is 247 g/mol. The van der Waals surface area contributed by atoms with Crippen LogP contribution in [0.1, 0.15) is 16.1 Å². The van der Waals surface area contributed by atoms with Crippen molar-refractivity contribution >= 4 is 11.3 Å². The Hall–Kier alpha value is -1.23. The number of nitrogens with one attached hydrogen (secondary N) is 1. The average molecular weight is 247 g/mol. The van der Waals surface area contributed by atoms with E-state index in [4.69, 9.17) is 5.73 Å². The predicted molar refractivity (Wildman–Crippen MR) is 71.9 cm³/mol. The second-order valence-electron chi connectivity index (χ2n) is 3.88. The van der Waals surface area contributed by atoms with E-state index < -0.39 is 0 Å². The standard InChI is InChI=1S/C13H17N3S/c14-6-5-11-1-3-12(4-2-11)9-15-10-13-16-7-8-17-13/h1-4,7-8,15H,5-6,9-10,14H2. The van der Waals surface area contributed by atoms with Crippen LogP contribution < -0.4 is 11.1 Å². The number of nitrogens with two attached hydrogens (primary N) is 1. The summed E-state index contributed by atoms with van der Waals surface area (Å²) in [6.45, 7) is 2.42. The van der Waals surface area contributed by atoms with Crippen LogP contribution in [0, 0.1) is 0 Å². The van der Waals surface area contributed by atoms with Gasteiger partial charge in [-0.05, 0) is 24.1 Å². The van der Waals surface area contributed by atoms with E-state index in [-0.39, 0.29) is 0 Å². The molecule has 3 N–H and O–H groups in total. The van der Waals surface area contributed by atoms with Gasteiger partial charge in [0.05, 0.1) is 0 Å². The van der Waals surface area contributed by atoms with Crippen molar-refractivity contribution in [1.82, 2.24) is 10.3 Å². The van der Waals surface area contributed by atoms with E-state index in [0.29, 0.717) is 6.54 Å². The molecular weight excluding hydrogens is 230 g/mol. The van der Waals surface area contributed by atoms with Crippen LogP contribution in [-0.2, 0) is 19.5 Å². The maximum Gasteiger partial charge on any atom is 0.106 e. The smallest absolute Gasteiger partial charge is 0.106 e. The molecule has 0 bridgehead atoms. The number of rotatable bonds is 6. The molecule has 0 saturated heterocycles. The van der Waals surface area contributed by atoms with E-state index in [9.17, 15) is 0 Å². The van der Waals surface area contributed by atoms with Crippen LogP contribution in [0.2, 0.25) is 0 Å². The molecule has 2 rings (SSSR count). The first-order valence-corrected chi connectivity index (χ1v) is 6.63. The third kappa shape index (κ3) is 3.93. The highest BCUT2D eigenvalue weighted by atomic mass is 32.1. The van der Waals surface area contributed by atoms with Crippen LogP contribution in [0.15, 0.2) is 35.8 Å². The first-order valence-electron chi connectivity index (χ1n) is 5.75. The minimum absolute atomic E-state index is 0.710. The summed E-state index contributed by atoms with van der Waals surface area (Å²) in [5.74, 6) is 0. The highest BCUT2D eigenvalue weighted by Crippen LogP contribution is 2.06. The van der Waals surface area contributed by atoms with Crippen LogP contribution in [0.5, 0.6) is 0 Å². The van der Waals surface area contributed by atoms with Gasteiger partial charge in [0, 0.05) is 24.7 Å². The lowest BCUT2D eigenvalue weighted by Gasteiger charge is -2.04. The Morgan fingerprint density at radius 2 is 1.88 bits per heavy atom. The van der Waals surface area contributed by atoms with Gasteiger partial charge in [-0.1, -0.05) is 24.3 Å². The zero-order chi connectivity index (χ0) is 11.9. The molecule has 4 heteroatoms. The van der Waals surface area contributed by atoms with E-state index in [2.05, 4.69) is 34.6 Å². The zero-order valence-corrected chi connectivity index (χ0v) is 10.5. The van der Waals surface area contributed by atoms with Gasteiger partial charge in [0.1, 0.15) is 5.01 Å². The molecule has 0 aliphatic heterocycles. The van der Waals surface area contributed by atoms with Crippen molar-refractivity contribution in [2.45, 2.75) is 19.5 Å². The molecule has 1 aromatic carbocycles. The van der Waals surface area contributed by atoms with Crippen molar-refractivity contribution in [3.8, 4) is 0 Å². The average Bonchev–Trinajstić information content (AvgIpc) is 2.85. The third-order valence-electron chi connectivity index (χ3n) is 2.54. The Balaban J connectivity index is 1.79. The number of nitrogens with zero attached hydrogens (tertiary/aromatic N) is 1. The van der Waals surface area contributed by atoms with Gasteiger partial charge in [-0.15, -0.1) is 11.3 Å². The number of hydrogen-bond acceptors (Lipinski definition) is 4. The molecule has 0 radical (unpaired) electrons. The second-order valence-corrected chi connectivity index (χ2v) is 4.86. The summed E-state index contributed by atoms with van der Waals surface area (Å²) in [5.41, 5.74) is 8.11. The first kappa shape index (κ1) is 12.2. The topological polar surface area (TPSA) is 50.9 Å². The number of thiazole rings is 1. The molecule has 1 heterocycles. The van der Waals surface area contributed by atoms with Crippen molar-refractivity contribution in [2.24, 2.45) is 5.73 Å². The number of benzene rings is 1. The summed E-state index contributed by atoms with van der Waals surface area (Å²) in [6.07, 6.45) is 2.79. The number of aromatic nitrogens is 1. The lowest BCUT2D eigenvalue weighted by molar-refractivity contribution is 0.689. The maximum absolute atomic E-state index is 5.51. The Kier molecular flexibility index (Phi) is 4.67. The molecule has 0 saturated carbocycles. The van der Waals surface area contributed by atoms with Crippen LogP contribution in [0.4, 0.5) is 0 Å². The Bertz CT molecular complexity index is 422. The fraction of sp³-hybridized carbons (Fsp3) is 0.308. The molecule has 0 amide bonds. The van der Waals surface area contributed by atoms with Crippen molar-refractivity contribution in [3.63, 3.8) is 0 Å². The Morgan fingerprint density at radius 1 is 1.12 bits per heavy atom. The summed E-state index contributed by atoms with van der Waals surface area (Å²) >= 11 is 1.68. The summed E-state index contributed by atoms with van der Waals surface area (Å²) < 4.78 is 0. The molecule has 3 nitrogen and oxygen atoms in total. The van der Waals surface area contributed by atoms with Crippen LogP contribution >= 0.6 is 11.3 Å². The molecule has 0 atom stereocenters. The normalized spacial score (nSPS) is 10.6. The molecule has 0 spiro atoms. The van der Waals surface area contributed by atoms with Gasteiger partial charge in [-0.3, -0.25) is 0 Å². The minimum Gasteiger partial charge on any atom is -0.330 e. The fourth-order valence-corrected chi connectivity index (χ4v) is 2.23. The molecule has 1 aromatic heterocycles. The summed E-state index contributed by atoms with van der Waals surface area (Å²) in [5, 5.41) is 6.51. The summed E-state index contributed by atoms with van der Waals surface area (Å²) in [6, 6.07) is 8.60. The van der Waals surface area contributed by atoms with Gasteiger partial charge in [0.15, 0.2) is 0 Å². The highest BCUT2D eigenvalue weighted by Gasteiger charge is 1.96. The van der Waals surface area contributed by atoms with E-state index in [1.807, 2.05) is 11.6 Å². The molecular formula is C13H17N3S. The quantitative estimate of drug-likeness (QED) is 0.820. The predicted octanol–water partition coefficient (Wildman–Crippen LogP) is 1.93. The molecule has 0 unspecified atom stereocenters.